The Morgan fingerprint density at radius 2 is 1.57 bits per heavy atom. The topological polar surface area (TPSA) is 86.2 Å². The SMILES string of the molecule is NCc1ccc(CCS(N)(=O)=O)cc1. The number of hydrogen-bond acceptors (Lipinski definition) is 3. The zero-order valence-electron chi connectivity index (χ0n) is 7.81. The molecule has 1 aromatic rings. The van der Waals surface area contributed by atoms with E-state index >= 15 is 0 Å². The van der Waals surface area contributed by atoms with Crippen LogP contribution in [0.25, 0.3) is 0 Å². The first-order valence-corrected chi connectivity index (χ1v) is 6.01. The van der Waals surface area contributed by atoms with Gasteiger partial charge in [-0.15, -0.1) is 0 Å². The van der Waals surface area contributed by atoms with Gasteiger partial charge in [0.15, 0.2) is 0 Å². The number of primary sulfonamides is 1. The molecule has 0 heterocycles. The van der Waals surface area contributed by atoms with Crippen LogP contribution in [0.2, 0.25) is 0 Å². The van der Waals surface area contributed by atoms with Gasteiger partial charge in [0, 0.05) is 6.54 Å². The number of hydrogen-bond donors (Lipinski definition) is 2. The van der Waals surface area contributed by atoms with Crippen LogP contribution in [0.3, 0.4) is 0 Å². The maximum atomic E-state index is 10.7. The summed E-state index contributed by atoms with van der Waals surface area (Å²) in [4.78, 5) is 0. The molecule has 0 aliphatic carbocycles. The van der Waals surface area contributed by atoms with Crippen molar-refractivity contribution in [2.75, 3.05) is 5.75 Å². The summed E-state index contributed by atoms with van der Waals surface area (Å²) in [7, 11) is -3.36. The Labute approximate surface area is 84.0 Å². The molecule has 0 aromatic heterocycles. The quantitative estimate of drug-likeness (QED) is 0.738. The molecule has 4 N–H and O–H groups in total. The van der Waals surface area contributed by atoms with Gasteiger partial charge in [-0.1, -0.05) is 24.3 Å². The van der Waals surface area contributed by atoms with Crippen LogP contribution in [0.15, 0.2) is 24.3 Å². The third-order valence-electron chi connectivity index (χ3n) is 1.93. The lowest BCUT2D eigenvalue weighted by atomic mass is 10.1. The van der Waals surface area contributed by atoms with Crippen molar-refractivity contribution in [1.29, 1.82) is 0 Å². The minimum atomic E-state index is -3.36. The van der Waals surface area contributed by atoms with Gasteiger partial charge in [-0.2, -0.15) is 0 Å². The van der Waals surface area contributed by atoms with Crippen LogP contribution in [0.1, 0.15) is 11.1 Å². The second kappa shape index (κ2) is 4.54. The molecule has 0 unspecified atom stereocenters. The Morgan fingerprint density at radius 3 is 2.00 bits per heavy atom. The summed E-state index contributed by atoms with van der Waals surface area (Å²) in [6.07, 6.45) is 0.448. The van der Waals surface area contributed by atoms with Crippen LogP contribution in [-0.4, -0.2) is 14.2 Å². The van der Waals surface area contributed by atoms with Gasteiger partial charge < -0.3 is 5.73 Å². The van der Waals surface area contributed by atoms with Crippen molar-refractivity contribution in [2.24, 2.45) is 10.9 Å². The van der Waals surface area contributed by atoms with E-state index in [2.05, 4.69) is 0 Å². The number of sulfonamides is 1. The van der Waals surface area contributed by atoms with Crippen molar-refractivity contribution in [1.82, 2.24) is 0 Å². The van der Waals surface area contributed by atoms with Crippen molar-refractivity contribution >= 4 is 10.0 Å². The molecular formula is C9H14N2O2S. The molecule has 4 nitrogen and oxygen atoms in total. The summed E-state index contributed by atoms with van der Waals surface area (Å²) in [5.74, 6) is -0.0189. The van der Waals surface area contributed by atoms with Crippen LogP contribution in [0.5, 0.6) is 0 Å². The predicted octanol–water partition coefficient (Wildman–Crippen LogP) is -0.0237. The van der Waals surface area contributed by atoms with Crippen molar-refractivity contribution in [3.05, 3.63) is 35.4 Å². The molecule has 1 aromatic carbocycles. The highest BCUT2D eigenvalue weighted by Gasteiger charge is 2.02. The largest absolute Gasteiger partial charge is 0.326 e. The second-order valence-electron chi connectivity index (χ2n) is 3.14. The van der Waals surface area contributed by atoms with Crippen molar-refractivity contribution in [3.63, 3.8) is 0 Å². The highest BCUT2D eigenvalue weighted by molar-refractivity contribution is 7.89. The lowest BCUT2D eigenvalue weighted by Crippen LogP contribution is -2.17. The normalized spacial score (nSPS) is 11.6. The fourth-order valence-corrected chi connectivity index (χ4v) is 1.62. The van der Waals surface area contributed by atoms with E-state index in [9.17, 15) is 8.42 Å². The van der Waals surface area contributed by atoms with Crippen LogP contribution < -0.4 is 10.9 Å². The molecule has 0 radical (unpaired) electrons. The van der Waals surface area contributed by atoms with Gasteiger partial charge in [0.05, 0.1) is 5.75 Å². The summed E-state index contributed by atoms with van der Waals surface area (Å²) in [5.41, 5.74) is 7.41. The molecule has 0 aliphatic rings. The van der Waals surface area contributed by atoms with E-state index in [0.717, 1.165) is 11.1 Å². The molecule has 0 saturated heterocycles. The molecule has 0 fully saturated rings. The van der Waals surface area contributed by atoms with Gasteiger partial charge in [0.1, 0.15) is 0 Å². The highest BCUT2D eigenvalue weighted by Crippen LogP contribution is 2.04. The summed E-state index contributed by atoms with van der Waals surface area (Å²) in [5, 5.41) is 4.89. The molecule has 0 atom stereocenters. The van der Waals surface area contributed by atoms with E-state index < -0.39 is 10.0 Å². The fourth-order valence-electron chi connectivity index (χ4n) is 1.10. The molecule has 78 valence electrons. The summed E-state index contributed by atoms with van der Waals surface area (Å²) in [6, 6.07) is 7.51. The van der Waals surface area contributed by atoms with Crippen molar-refractivity contribution < 1.29 is 8.42 Å². The zero-order valence-corrected chi connectivity index (χ0v) is 8.63. The van der Waals surface area contributed by atoms with Gasteiger partial charge in [0.25, 0.3) is 0 Å². The van der Waals surface area contributed by atoms with Crippen LogP contribution in [-0.2, 0) is 23.0 Å². The maximum absolute atomic E-state index is 10.7. The van der Waals surface area contributed by atoms with Gasteiger partial charge in [-0.3, -0.25) is 0 Å². The van der Waals surface area contributed by atoms with E-state index in [1.807, 2.05) is 24.3 Å². The van der Waals surface area contributed by atoms with Gasteiger partial charge >= 0.3 is 0 Å². The fraction of sp³-hybridized carbons (Fsp3) is 0.333. The van der Waals surface area contributed by atoms with Crippen molar-refractivity contribution in [2.45, 2.75) is 13.0 Å². The van der Waals surface area contributed by atoms with E-state index in [1.165, 1.54) is 0 Å². The van der Waals surface area contributed by atoms with Crippen LogP contribution in [0.4, 0.5) is 0 Å². The van der Waals surface area contributed by atoms with Crippen molar-refractivity contribution in [3.8, 4) is 0 Å². The Kier molecular flexibility index (Phi) is 3.62. The molecule has 5 heteroatoms. The number of aryl methyl sites for hydroxylation is 1. The van der Waals surface area contributed by atoms with E-state index in [4.69, 9.17) is 10.9 Å². The van der Waals surface area contributed by atoms with Gasteiger partial charge in [-0.05, 0) is 17.5 Å². The lowest BCUT2D eigenvalue weighted by Gasteiger charge is -2.01. The third-order valence-corrected chi connectivity index (χ3v) is 2.71. The molecule has 0 saturated carbocycles. The van der Waals surface area contributed by atoms with E-state index in [-0.39, 0.29) is 5.75 Å². The summed E-state index contributed by atoms with van der Waals surface area (Å²) in [6.45, 7) is 0.496. The number of benzene rings is 1. The highest BCUT2D eigenvalue weighted by atomic mass is 32.2. The average Bonchev–Trinajstić information content (AvgIpc) is 2.14. The number of rotatable bonds is 4. The Bertz CT molecular complexity index is 384. The minimum Gasteiger partial charge on any atom is -0.326 e. The van der Waals surface area contributed by atoms with Crippen LogP contribution in [0, 0.1) is 0 Å². The van der Waals surface area contributed by atoms with Gasteiger partial charge in [0.2, 0.25) is 10.0 Å². The zero-order chi connectivity index (χ0) is 10.6. The number of nitrogens with two attached hydrogens (primary N) is 2. The third kappa shape index (κ3) is 3.87. The monoisotopic (exact) mass is 214 g/mol. The minimum absolute atomic E-state index is 0.0189. The summed E-state index contributed by atoms with van der Waals surface area (Å²) < 4.78 is 21.4. The molecule has 0 aliphatic heterocycles. The molecule has 0 spiro atoms. The molecule has 0 amide bonds. The Hall–Kier alpha value is -0.910. The summed E-state index contributed by atoms with van der Waals surface area (Å²) >= 11 is 0. The first kappa shape index (κ1) is 11.2. The molecular weight excluding hydrogens is 200 g/mol. The first-order chi connectivity index (χ1) is 6.51. The smallest absolute Gasteiger partial charge is 0.209 e. The molecule has 1 rings (SSSR count). The van der Waals surface area contributed by atoms with E-state index in [0.29, 0.717) is 13.0 Å². The Morgan fingerprint density at radius 1 is 1.07 bits per heavy atom. The second-order valence-corrected chi connectivity index (χ2v) is 4.87. The maximum Gasteiger partial charge on any atom is 0.209 e. The van der Waals surface area contributed by atoms with Crippen LogP contribution >= 0.6 is 0 Å². The average molecular weight is 214 g/mol. The predicted molar refractivity (Wildman–Crippen MR) is 56.0 cm³/mol. The standard InChI is InChI=1S/C9H14N2O2S/c10-7-9-3-1-8(2-4-9)5-6-14(11,12)13/h1-4H,5-7,10H2,(H2,11,12,13). The molecule has 14 heavy (non-hydrogen) atoms. The van der Waals surface area contributed by atoms with Gasteiger partial charge in [-0.25, -0.2) is 13.6 Å². The van der Waals surface area contributed by atoms with E-state index in [1.54, 1.807) is 0 Å². The first-order valence-electron chi connectivity index (χ1n) is 4.29. The lowest BCUT2D eigenvalue weighted by molar-refractivity contribution is 0.597. The Balaban J connectivity index is 2.61. The molecule has 0 bridgehead atoms.